The van der Waals surface area contributed by atoms with Crippen molar-refractivity contribution in [1.29, 1.82) is 0 Å². The van der Waals surface area contributed by atoms with Crippen molar-refractivity contribution in [3.63, 3.8) is 0 Å². The van der Waals surface area contributed by atoms with Crippen LogP contribution >= 0.6 is 23.2 Å². The summed E-state index contributed by atoms with van der Waals surface area (Å²) in [5.74, 6) is 1.51. The SMILES string of the molecule is CC(C1=C(Cl)CC=C1OCO[Si](C)(C)C)C1=C(Cl)CC=C1OCO[Si](C)(C)C. The smallest absolute Gasteiger partial charge is 0.188 e. The minimum Gasteiger partial charge on any atom is -0.468 e. The molecule has 0 saturated heterocycles. The summed E-state index contributed by atoms with van der Waals surface area (Å²) in [5.41, 5.74) is 1.91. The van der Waals surface area contributed by atoms with Crippen LogP contribution in [0.3, 0.4) is 0 Å². The fraction of sp³-hybridized carbons (Fsp3) is 0.600. The van der Waals surface area contributed by atoms with Crippen molar-refractivity contribution in [2.45, 2.75) is 59.0 Å². The van der Waals surface area contributed by atoms with E-state index >= 15 is 0 Å². The Morgan fingerprint density at radius 1 is 0.786 bits per heavy atom. The van der Waals surface area contributed by atoms with Gasteiger partial charge in [0.05, 0.1) is 0 Å². The molecule has 0 spiro atoms. The van der Waals surface area contributed by atoms with E-state index in [1.807, 2.05) is 12.2 Å². The molecule has 0 radical (unpaired) electrons. The summed E-state index contributed by atoms with van der Waals surface area (Å²) in [6.07, 6.45) is 5.33. The van der Waals surface area contributed by atoms with Crippen LogP contribution in [-0.2, 0) is 18.3 Å². The standard InChI is InChI=1S/C20H32Cl2O4Si2/c1-14(19-15(21)8-10-17(19)23-12-25-27(2,3)4)20-16(22)9-11-18(20)24-13-26-28(5,6)7/h10-11,14H,8-9,12-13H2,1-7H3. The number of hydrogen-bond acceptors (Lipinski definition) is 4. The molecule has 8 heteroatoms. The zero-order chi connectivity index (χ0) is 21.1. The van der Waals surface area contributed by atoms with Crippen molar-refractivity contribution in [2.24, 2.45) is 5.92 Å². The molecule has 0 saturated carbocycles. The van der Waals surface area contributed by atoms with Gasteiger partial charge in [0, 0.05) is 40.0 Å². The van der Waals surface area contributed by atoms with Gasteiger partial charge in [-0.3, -0.25) is 0 Å². The molecular weight excluding hydrogens is 431 g/mol. The second kappa shape index (κ2) is 9.54. The Balaban J connectivity index is 2.08. The number of rotatable bonds is 10. The maximum absolute atomic E-state index is 6.55. The third-order valence-corrected chi connectivity index (χ3v) is 7.01. The maximum Gasteiger partial charge on any atom is 0.188 e. The number of allylic oxidation sites excluding steroid dienone is 6. The highest BCUT2D eigenvalue weighted by Gasteiger charge is 2.32. The Morgan fingerprint density at radius 3 is 1.46 bits per heavy atom. The number of halogens is 2. The Labute approximate surface area is 181 Å². The normalized spacial score (nSPS) is 18.2. The summed E-state index contributed by atoms with van der Waals surface area (Å²) >= 11 is 13.1. The van der Waals surface area contributed by atoms with Crippen LogP contribution in [0.15, 0.2) is 44.9 Å². The van der Waals surface area contributed by atoms with E-state index in [1.54, 1.807) is 0 Å². The molecule has 2 aliphatic rings. The summed E-state index contributed by atoms with van der Waals surface area (Å²) in [6.45, 7) is 15.3. The highest BCUT2D eigenvalue weighted by atomic mass is 35.5. The molecule has 4 nitrogen and oxygen atoms in total. The van der Waals surface area contributed by atoms with Crippen LogP contribution in [0.2, 0.25) is 39.3 Å². The quantitative estimate of drug-likeness (QED) is 0.263. The molecule has 0 fully saturated rings. The van der Waals surface area contributed by atoms with E-state index in [0.29, 0.717) is 12.8 Å². The summed E-state index contributed by atoms with van der Waals surface area (Å²) in [6, 6.07) is 0. The number of hydrogen-bond donors (Lipinski definition) is 0. The molecule has 0 unspecified atom stereocenters. The van der Waals surface area contributed by atoms with E-state index in [-0.39, 0.29) is 19.5 Å². The highest BCUT2D eigenvalue weighted by Crippen LogP contribution is 2.44. The lowest BCUT2D eigenvalue weighted by Gasteiger charge is -2.24. The summed E-state index contributed by atoms with van der Waals surface area (Å²) in [7, 11) is -3.29. The second-order valence-corrected chi connectivity index (χ2v) is 18.9. The highest BCUT2D eigenvalue weighted by molar-refractivity contribution is 6.70. The van der Waals surface area contributed by atoms with Crippen LogP contribution in [-0.4, -0.2) is 30.2 Å². The molecule has 0 aromatic heterocycles. The molecule has 28 heavy (non-hydrogen) atoms. The lowest BCUT2D eigenvalue weighted by Crippen LogP contribution is -2.27. The minimum absolute atomic E-state index is 0.0405. The Kier molecular flexibility index (Phi) is 8.10. The number of ether oxygens (including phenoxy) is 2. The molecule has 0 aromatic carbocycles. The van der Waals surface area contributed by atoms with E-state index in [1.165, 1.54) is 0 Å². The van der Waals surface area contributed by atoms with Crippen molar-refractivity contribution >= 4 is 39.8 Å². The van der Waals surface area contributed by atoms with E-state index in [4.69, 9.17) is 41.5 Å². The molecule has 0 N–H and O–H groups in total. The molecule has 0 amide bonds. The first kappa shape index (κ1) is 23.8. The van der Waals surface area contributed by atoms with Crippen molar-refractivity contribution in [3.8, 4) is 0 Å². The zero-order valence-corrected chi connectivity index (χ0v) is 21.5. The predicted molar refractivity (Wildman–Crippen MR) is 121 cm³/mol. The fourth-order valence-electron chi connectivity index (χ4n) is 2.93. The minimum atomic E-state index is -1.64. The van der Waals surface area contributed by atoms with Gasteiger partial charge in [-0.2, -0.15) is 0 Å². The van der Waals surface area contributed by atoms with Crippen LogP contribution < -0.4 is 0 Å². The van der Waals surface area contributed by atoms with Crippen LogP contribution in [0.4, 0.5) is 0 Å². The van der Waals surface area contributed by atoms with Crippen molar-refractivity contribution < 1.29 is 18.3 Å². The van der Waals surface area contributed by atoms with Gasteiger partial charge >= 0.3 is 0 Å². The monoisotopic (exact) mass is 462 g/mol. The first-order chi connectivity index (χ1) is 12.9. The molecule has 0 bridgehead atoms. The van der Waals surface area contributed by atoms with Gasteiger partial charge in [-0.25, -0.2) is 0 Å². The van der Waals surface area contributed by atoms with Gasteiger partial charge in [0.2, 0.25) is 0 Å². The molecule has 0 atom stereocenters. The lowest BCUT2D eigenvalue weighted by atomic mass is 9.92. The molecule has 0 heterocycles. The van der Waals surface area contributed by atoms with E-state index in [9.17, 15) is 0 Å². The van der Waals surface area contributed by atoms with Gasteiger partial charge in [0.1, 0.15) is 11.5 Å². The Hall–Kier alpha value is -0.506. The van der Waals surface area contributed by atoms with Gasteiger partial charge in [-0.15, -0.1) is 0 Å². The Morgan fingerprint density at radius 2 is 1.14 bits per heavy atom. The summed E-state index contributed by atoms with van der Waals surface area (Å²) in [4.78, 5) is 0. The van der Waals surface area contributed by atoms with E-state index in [2.05, 4.69) is 46.2 Å². The molecule has 2 rings (SSSR count). The third kappa shape index (κ3) is 6.78. The molecule has 0 aliphatic heterocycles. The summed E-state index contributed by atoms with van der Waals surface area (Å²) < 4.78 is 23.5. The molecule has 158 valence electrons. The van der Waals surface area contributed by atoms with E-state index < -0.39 is 16.6 Å². The fourth-order valence-corrected chi connectivity index (χ4v) is 4.42. The van der Waals surface area contributed by atoms with Crippen molar-refractivity contribution in [3.05, 3.63) is 44.9 Å². The average molecular weight is 464 g/mol. The van der Waals surface area contributed by atoms with Crippen LogP contribution in [0.5, 0.6) is 0 Å². The van der Waals surface area contributed by atoms with Gasteiger partial charge in [-0.1, -0.05) is 30.1 Å². The molecule has 0 aromatic rings. The average Bonchev–Trinajstić information content (AvgIpc) is 3.08. The molecule has 2 aliphatic carbocycles. The molecular formula is C20H32Cl2O4Si2. The van der Waals surface area contributed by atoms with Gasteiger partial charge in [0.25, 0.3) is 0 Å². The largest absolute Gasteiger partial charge is 0.468 e. The maximum atomic E-state index is 6.55. The van der Waals surface area contributed by atoms with Crippen LogP contribution in [0.1, 0.15) is 19.8 Å². The van der Waals surface area contributed by atoms with Crippen LogP contribution in [0.25, 0.3) is 0 Å². The van der Waals surface area contributed by atoms with Gasteiger partial charge in [0.15, 0.2) is 30.2 Å². The van der Waals surface area contributed by atoms with Gasteiger partial charge < -0.3 is 18.3 Å². The zero-order valence-electron chi connectivity index (χ0n) is 17.9. The predicted octanol–water partition coefficient (Wildman–Crippen LogP) is 6.83. The topological polar surface area (TPSA) is 36.9 Å². The van der Waals surface area contributed by atoms with Crippen LogP contribution in [0, 0.1) is 5.92 Å². The first-order valence-electron chi connectivity index (χ1n) is 9.60. The van der Waals surface area contributed by atoms with Crippen molar-refractivity contribution in [1.82, 2.24) is 0 Å². The third-order valence-electron chi connectivity index (χ3n) is 4.33. The first-order valence-corrected chi connectivity index (χ1v) is 17.2. The van der Waals surface area contributed by atoms with Crippen molar-refractivity contribution in [2.75, 3.05) is 13.6 Å². The van der Waals surface area contributed by atoms with E-state index in [0.717, 1.165) is 32.7 Å². The lowest BCUT2D eigenvalue weighted by molar-refractivity contribution is 0.0559. The Bertz CT molecular complexity index is 653. The van der Waals surface area contributed by atoms with Gasteiger partial charge in [-0.05, 0) is 51.4 Å². The summed E-state index contributed by atoms with van der Waals surface area (Å²) in [5, 5.41) is 1.55. The second-order valence-electron chi connectivity index (χ2n) is 8.94.